The summed E-state index contributed by atoms with van der Waals surface area (Å²) in [5.41, 5.74) is 12.6. The molecule has 0 radical (unpaired) electrons. The molecule has 1 aromatic heterocycles. The van der Waals surface area contributed by atoms with Crippen LogP contribution in [0.4, 0.5) is 11.4 Å². The number of methoxy groups -OCH3 is 1. The van der Waals surface area contributed by atoms with Crippen molar-refractivity contribution in [1.29, 1.82) is 0 Å². The number of primary amides is 1. The predicted molar refractivity (Wildman–Crippen MR) is 137 cm³/mol. The third-order valence-electron chi connectivity index (χ3n) is 5.12. The number of hydrogen-bond acceptors (Lipinski definition) is 7. The maximum Gasteiger partial charge on any atom is 0.273 e. The Morgan fingerprint density at radius 2 is 1.66 bits per heavy atom. The lowest BCUT2D eigenvalue weighted by molar-refractivity contribution is -0.123. The fraction of sp³-hybridized carbons (Fsp3) is 0.280. The second-order valence-corrected chi connectivity index (χ2v) is 9.84. The second kappa shape index (κ2) is 10.1. The molecular formula is C25H29N5O4S. The van der Waals surface area contributed by atoms with Gasteiger partial charge in [-0.1, -0.05) is 29.8 Å². The van der Waals surface area contributed by atoms with Crippen molar-refractivity contribution in [1.82, 2.24) is 9.69 Å². The summed E-state index contributed by atoms with van der Waals surface area (Å²) in [6.07, 6.45) is 0. The van der Waals surface area contributed by atoms with Crippen molar-refractivity contribution < 1.29 is 19.1 Å². The highest BCUT2D eigenvalue weighted by Gasteiger charge is 2.37. The zero-order valence-electron chi connectivity index (χ0n) is 20.3. The molecule has 0 bridgehead atoms. The molecule has 0 fully saturated rings. The number of nitrogens with one attached hydrogen (secondary N) is 1. The van der Waals surface area contributed by atoms with Gasteiger partial charge in [0.1, 0.15) is 16.7 Å². The number of benzene rings is 2. The van der Waals surface area contributed by atoms with Crippen LogP contribution in [-0.4, -0.2) is 34.7 Å². The number of anilines is 2. The maximum absolute atomic E-state index is 14.0. The molecule has 10 heteroatoms. The molecule has 2 aromatic carbocycles. The van der Waals surface area contributed by atoms with Crippen LogP contribution in [0.3, 0.4) is 0 Å². The van der Waals surface area contributed by atoms with E-state index in [1.165, 1.54) is 12.0 Å². The van der Waals surface area contributed by atoms with E-state index in [-0.39, 0.29) is 22.2 Å². The molecule has 9 nitrogen and oxygen atoms in total. The number of hydrogen-bond donors (Lipinski definition) is 3. The van der Waals surface area contributed by atoms with Gasteiger partial charge in [-0.25, -0.2) is 0 Å². The number of carbonyl (C=O) groups excluding carboxylic acids is 3. The van der Waals surface area contributed by atoms with Crippen LogP contribution in [0.15, 0.2) is 48.5 Å². The summed E-state index contributed by atoms with van der Waals surface area (Å²) in [6, 6.07) is 13.0. The minimum Gasteiger partial charge on any atom is -0.497 e. The van der Waals surface area contributed by atoms with Crippen LogP contribution in [0.25, 0.3) is 0 Å². The maximum atomic E-state index is 14.0. The molecule has 3 amide bonds. The van der Waals surface area contributed by atoms with Gasteiger partial charge >= 0.3 is 0 Å². The third kappa shape index (κ3) is 5.78. The van der Waals surface area contributed by atoms with Crippen LogP contribution in [0.2, 0.25) is 0 Å². The van der Waals surface area contributed by atoms with Crippen molar-refractivity contribution in [3.63, 3.8) is 0 Å². The Morgan fingerprint density at radius 3 is 2.14 bits per heavy atom. The van der Waals surface area contributed by atoms with Crippen LogP contribution < -0.4 is 26.4 Å². The number of nitrogens with zero attached hydrogens (tertiary/aromatic N) is 2. The molecule has 1 atom stereocenters. The number of aromatic nitrogens is 1. The summed E-state index contributed by atoms with van der Waals surface area (Å²) in [7, 11) is 1.53. The average molecular weight is 496 g/mol. The first kappa shape index (κ1) is 25.7. The lowest BCUT2D eigenvalue weighted by Gasteiger charge is -2.33. The fourth-order valence-electron chi connectivity index (χ4n) is 3.47. The SMILES string of the molecule is COc1ccc(N(C(=O)c2snc(C(N)=O)c2N)[C@@H](C(=O)NC(C)(C)C)c2ccc(C)cc2)cc1. The molecule has 0 saturated heterocycles. The first-order chi connectivity index (χ1) is 16.4. The summed E-state index contributed by atoms with van der Waals surface area (Å²) in [5, 5.41) is 2.97. The monoisotopic (exact) mass is 495 g/mol. The van der Waals surface area contributed by atoms with E-state index in [1.54, 1.807) is 36.4 Å². The van der Waals surface area contributed by atoms with Crippen LogP contribution >= 0.6 is 11.5 Å². The van der Waals surface area contributed by atoms with Gasteiger partial charge in [0.25, 0.3) is 11.8 Å². The van der Waals surface area contributed by atoms with Gasteiger partial charge in [-0.2, -0.15) is 4.37 Å². The molecule has 0 unspecified atom stereocenters. The third-order valence-corrected chi connectivity index (χ3v) is 5.97. The first-order valence-corrected chi connectivity index (χ1v) is 11.6. The van der Waals surface area contributed by atoms with E-state index in [2.05, 4.69) is 9.69 Å². The normalized spacial score (nSPS) is 12.0. The van der Waals surface area contributed by atoms with Crippen molar-refractivity contribution in [2.45, 2.75) is 39.3 Å². The van der Waals surface area contributed by atoms with Crippen LogP contribution in [0.5, 0.6) is 5.75 Å². The molecule has 0 aliphatic carbocycles. The predicted octanol–water partition coefficient (Wildman–Crippen LogP) is 3.44. The quantitative estimate of drug-likeness (QED) is 0.459. The molecule has 0 spiro atoms. The summed E-state index contributed by atoms with van der Waals surface area (Å²) in [4.78, 5) is 40.7. The Balaban J connectivity index is 2.23. The summed E-state index contributed by atoms with van der Waals surface area (Å²) < 4.78 is 9.21. The Kier molecular flexibility index (Phi) is 7.45. The van der Waals surface area contributed by atoms with E-state index in [1.807, 2.05) is 39.8 Å². The van der Waals surface area contributed by atoms with Crippen molar-refractivity contribution in [2.75, 3.05) is 17.7 Å². The minimum absolute atomic E-state index is 0.00953. The van der Waals surface area contributed by atoms with Crippen LogP contribution in [0, 0.1) is 6.92 Å². The highest BCUT2D eigenvalue weighted by Crippen LogP contribution is 2.34. The van der Waals surface area contributed by atoms with Gasteiger partial charge in [0.15, 0.2) is 5.69 Å². The smallest absolute Gasteiger partial charge is 0.273 e. The molecule has 3 rings (SSSR count). The van der Waals surface area contributed by atoms with Crippen LogP contribution in [0.1, 0.15) is 58.1 Å². The summed E-state index contributed by atoms with van der Waals surface area (Å²) in [5.74, 6) is -1.23. The number of aryl methyl sites for hydroxylation is 1. The number of nitrogen functional groups attached to an aromatic ring is 1. The Bertz CT molecular complexity index is 1230. The van der Waals surface area contributed by atoms with Crippen molar-refractivity contribution in [3.8, 4) is 5.75 Å². The molecule has 0 aliphatic heterocycles. The van der Waals surface area contributed by atoms with Gasteiger partial charge in [-0.05, 0) is 69.1 Å². The molecule has 1 heterocycles. The van der Waals surface area contributed by atoms with Crippen molar-refractivity contribution in [3.05, 3.63) is 70.2 Å². The Hall–Kier alpha value is -3.92. The van der Waals surface area contributed by atoms with E-state index < -0.39 is 23.4 Å². The molecule has 0 aliphatic rings. The average Bonchev–Trinajstić information content (AvgIpc) is 3.18. The molecule has 3 aromatic rings. The standard InChI is InChI=1S/C25H29N5O4S/c1-14-6-8-15(9-7-14)20(23(32)28-25(2,3)4)30(16-10-12-17(34-5)13-11-16)24(33)21-18(26)19(22(27)31)29-35-21/h6-13,20H,26H2,1-5H3,(H2,27,31)(H,28,32)/t20-/m1/s1. The lowest BCUT2D eigenvalue weighted by atomic mass is 9.99. The summed E-state index contributed by atoms with van der Waals surface area (Å²) >= 11 is 0.760. The highest BCUT2D eigenvalue weighted by molar-refractivity contribution is 7.09. The first-order valence-electron chi connectivity index (χ1n) is 10.8. The van der Waals surface area contributed by atoms with E-state index in [0.29, 0.717) is 17.0 Å². The van der Waals surface area contributed by atoms with Gasteiger partial charge in [0, 0.05) is 11.2 Å². The molecular weight excluding hydrogens is 466 g/mol. The lowest BCUT2D eigenvalue weighted by Crippen LogP contribution is -2.49. The molecule has 5 N–H and O–H groups in total. The number of rotatable bonds is 7. The highest BCUT2D eigenvalue weighted by atomic mass is 32.1. The molecule has 184 valence electrons. The number of carbonyl (C=O) groups is 3. The number of amides is 3. The zero-order valence-corrected chi connectivity index (χ0v) is 21.1. The Labute approximate surface area is 208 Å². The van der Waals surface area contributed by atoms with E-state index >= 15 is 0 Å². The number of ether oxygens (including phenoxy) is 1. The van der Waals surface area contributed by atoms with Gasteiger partial charge in [-0.3, -0.25) is 19.3 Å². The Morgan fingerprint density at radius 1 is 1.06 bits per heavy atom. The van der Waals surface area contributed by atoms with Gasteiger partial charge in [0.2, 0.25) is 5.91 Å². The van der Waals surface area contributed by atoms with E-state index in [4.69, 9.17) is 16.2 Å². The van der Waals surface area contributed by atoms with Gasteiger partial charge in [-0.15, -0.1) is 0 Å². The fourth-order valence-corrected chi connectivity index (χ4v) is 4.21. The van der Waals surface area contributed by atoms with Gasteiger partial charge in [0.05, 0.1) is 12.8 Å². The topological polar surface area (TPSA) is 141 Å². The minimum atomic E-state index is -1.05. The van der Waals surface area contributed by atoms with Crippen molar-refractivity contribution >= 4 is 40.6 Å². The molecule has 35 heavy (non-hydrogen) atoms. The number of nitrogens with two attached hydrogens (primary N) is 2. The van der Waals surface area contributed by atoms with Gasteiger partial charge < -0.3 is 21.5 Å². The van der Waals surface area contributed by atoms with Crippen molar-refractivity contribution in [2.24, 2.45) is 5.73 Å². The second-order valence-electron chi connectivity index (χ2n) is 9.06. The molecule has 0 saturated carbocycles. The summed E-state index contributed by atoms with van der Waals surface area (Å²) in [6.45, 7) is 7.51. The zero-order chi connectivity index (χ0) is 25.9. The van der Waals surface area contributed by atoms with Crippen LogP contribution in [-0.2, 0) is 4.79 Å². The largest absolute Gasteiger partial charge is 0.497 e. The van der Waals surface area contributed by atoms with E-state index in [0.717, 1.165) is 17.1 Å². The van der Waals surface area contributed by atoms with E-state index in [9.17, 15) is 14.4 Å².